The number of imidazole rings is 1. The quantitative estimate of drug-likeness (QED) is 0.835. The van der Waals surface area contributed by atoms with Gasteiger partial charge in [-0.3, -0.25) is 9.13 Å². The molecule has 0 amide bonds. The first-order valence-corrected chi connectivity index (χ1v) is 9.31. The normalized spacial score (nSPS) is 23.5. The van der Waals surface area contributed by atoms with Gasteiger partial charge in [-0.2, -0.15) is 4.31 Å². The standard InChI is InChI=1S/C16H23N3O3S/c1-11-7-12(2)10-19(9-11)23(21,22)13-5-6-14-15(8-13)18(4)16(20)17(14)3/h5-6,8,11-12H,7,9-10H2,1-4H3. The second kappa shape index (κ2) is 5.49. The fourth-order valence-corrected chi connectivity index (χ4v) is 5.30. The molecule has 0 N–H and O–H groups in total. The lowest BCUT2D eigenvalue weighted by Gasteiger charge is -2.34. The fraction of sp³-hybridized carbons (Fsp3) is 0.562. The van der Waals surface area contributed by atoms with E-state index in [1.165, 1.54) is 9.13 Å². The molecule has 2 heterocycles. The van der Waals surface area contributed by atoms with Crippen LogP contribution in [0.25, 0.3) is 11.0 Å². The summed E-state index contributed by atoms with van der Waals surface area (Å²) in [5.74, 6) is 0.719. The van der Waals surface area contributed by atoms with E-state index in [4.69, 9.17) is 0 Å². The number of hydrogen-bond donors (Lipinski definition) is 0. The molecule has 2 unspecified atom stereocenters. The van der Waals surface area contributed by atoms with Crippen LogP contribution < -0.4 is 5.69 Å². The number of piperidine rings is 1. The fourth-order valence-electron chi connectivity index (χ4n) is 3.60. The molecule has 23 heavy (non-hydrogen) atoms. The molecule has 6 nitrogen and oxygen atoms in total. The summed E-state index contributed by atoms with van der Waals surface area (Å²) in [7, 11) is -0.185. The Bertz CT molecular complexity index is 901. The Balaban J connectivity index is 2.08. The maximum atomic E-state index is 13.0. The first kappa shape index (κ1) is 16.3. The summed E-state index contributed by atoms with van der Waals surface area (Å²) < 4.78 is 30.5. The van der Waals surface area contributed by atoms with Crippen molar-refractivity contribution in [2.24, 2.45) is 25.9 Å². The smallest absolute Gasteiger partial charge is 0.295 e. The number of hydrogen-bond acceptors (Lipinski definition) is 3. The number of sulfonamides is 1. The summed E-state index contributed by atoms with van der Waals surface area (Å²) in [6.45, 7) is 5.28. The number of aryl methyl sites for hydroxylation is 2. The summed E-state index contributed by atoms with van der Waals surface area (Å²) in [5, 5.41) is 0. The number of rotatable bonds is 2. The molecule has 2 aromatic rings. The first-order valence-electron chi connectivity index (χ1n) is 7.87. The third-order valence-electron chi connectivity index (χ3n) is 4.72. The molecule has 1 aliphatic heterocycles. The van der Waals surface area contributed by atoms with Gasteiger partial charge in [0.1, 0.15) is 0 Å². The Morgan fingerprint density at radius 2 is 1.57 bits per heavy atom. The lowest BCUT2D eigenvalue weighted by Crippen LogP contribution is -2.42. The molecule has 2 atom stereocenters. The first-order chi connectivity index (χ1) is 10.7. The second-order valence-electron chi connectivity index (χ2n) is 6.82. The summed E-state index contributed by atoms with van der Waals surface area (Å²) >= 11 is 0. The van der Waals surface area contributed by atoms with Crippen molar-refractivity contribution in [3.63, 3.8) is 0 Å². The molecule has 0 bridgehead atoms. The van der Waals surface area contributed by atoms with Crippen LogP contribution in [0, 0.1) is 11.8 Å². The molecule has 0 spiro atoms. The van der Waals surface area contributed by atoms with E-state index in [2.05, 4.69) is 13.8 Å². The Morgan fingerprint density at radius 3 is 2.17 bits per heavy atom. The molecular formula is C16H23N3O3S. The van der Waals surface area contributed by atoms with E-state index in [-0.39, 0.29) is 10.6 Å². The van der Waals surface area contributed by atoms with E-state index in [1.54, 1.807) is 36.6 Å². The molecule has 7 heteroatoms. The molecule has 3 rings (SSSR count). The van der Waals surface area contributed by atoms with Gasteiger partial charge in [0, 0.05) is 27.2 Å². The summed E-state index contributed by atoms with van der Waals surface area (Å²) in [6.07, 6.45) is 1.05. The molecule has 0 saturated carbocycles. The third-order valence-corrected chi connectivity index (χ3v) is 6.54. The van der Waals surface area contributed by atoms with Gasteiger partial charge in [-0.1, -0.05) is 13.8 Å². The number of benzene rings is 1. The predicted molar refractivity (Wildman–Crippen MR) is 89.9 cm³/mol. The Labute approximate surface area is 136 Å². The Hall–Kier alpha value is -1.60. The van der Waals surface area contributed by atoms with Crippen molar-refractivity contribution in [1.29, 1.82) is 0 Å². The van der Waals surface area contributed by atoms with E-state index in [0.717, 1.165) is 11.9 Å². The van der Waals surface area contributed by atoms with E-state index in [9.17, 15) is 13.2 Å². The predicted octanol–water partition coefficient (Wildman–Crippen LogP) is 1.54. The topological polar surface area (TPSA) is 64.3 Å². The van der Waals surface area contributed by atoms with Gasteiger partial charge < -0.3 is 0 Å². The van der Waals surface area contributed by atoms with Crippen molar-refractivity contribution in [2.45, 2.75) is 25.2 Å². The molecule has 0 aliphatic carbocycles. The van der Waals surface area contributed by atoms with Crippen LogP contribution in [0.1, 0.15) is 20.3 Å². The zero-order chi connectivity index (χ0) is 16.9. The minimum absolute atomic E-state index is 0.158. The average Bonchev–Trinajstić information content (AvgIpc) is 2.71. The maximum absolute atomic E-state index is 13.0. The number of aromatic nitrogens is 2. The van der Waals surface area contributed by atoms with Crippen LogP contribution >= 0.6 is 0 Å². The zero-order valence-corrected chi connectivity index (χ0v) is 14.8. The zero-order valence-electron chi connectivity index (χ0n) is 14.0. The molecule has 1 aromatic heterocycles. The van der Waals surface area contributed by atoms with Crippen molar-refractivity contribution in [1.82, 2.24) is 13.4 Å². The minimum atomic E-state index is -3.53. The second-order valence-corrected chi connectivity index (χ2v) is 8.76. The van der Waals surface area contributed by atoms with E-state index in [1.807, 2.05) is 0 Å². The monoisotopic (exact) mass is 337 g/mol. The van der Waals surface area contributed by atoms with E-state index < -0.39 is 10.0 Å². The van der Waals surface area contributed by atoms with Crippen LogP contribution in [0.15, 0.2) is 27.9 Å². The van der Waals surface area contributed by atoms with Crippen LogP contribution in [0.2, 0.25) is 0 Å². The van der Waals surface area contributed by atoms with E-state index >= 15 is 0 Å². The van der Waals surface area contributed by atoms with Crippen molar-refractivity contribution in [2.75, 3.05) is 13.1 Å². The van der Waals surface area contributed by atoms with Gasteiger partial charge in [0.25, 0.3) is 0 Å². The van der Waals surface area contributed by atoms with Crippen LogP contribution in [0.5, 0.6) is 0 Å². The van der Waals surface area contributed by atoms with Crippen LogP contribution in [0.4, 0.5) is 0 Å². The summed E-state index contributed by atoms with van der Waals surface area (Å²) in [6, 6.07) is 4.91. The largest absolute Gasteiger partial charge is 0.328 e. The highest BCUT2D eigenvalue weighted by atomic mass is 32.2. The van der Waals surface area contributed by atoms with Crippen molar-refractivity contribution in [3.8, 4) is 0 Å². The van der Waals surface area contributed by atoms with Crippen molar-refractivity contribution in [3.05, 3.63) is 28.7 Å². The Morgan fingerprint density at radius 1 is 1.00 bits per heavy atom. The van der Waals surface area contributed by atoms with Crippen molar-refractivity contribution >= 4 is 21.1 Å². The van der Waals surface area contributed by atoms with Gasteiger partial charge >= 0.3 is 5.69 Å². The van der Waals surface area contributed by atoms with Gasteiger partial charge in [-0.25, -0.2) is 13.2 Å². The summed E-state index contributed by atoms with van der Waals surface area (Å²) in [5.41, 5.74) is 1.21. The third kappa shape index (κ3) is 2.61. The van der Waals surface area contributed by atoms with Crippen molar-refractivity contribution < 1.29 is 8.42 Å². The van der Waals surface area contributed by atoms with Crippen LogP contribution in [-0.2, 0) is 24.1 Å². The van der Waals surface area contributed by atoms with Gasteiger partial charge in [0.2, 0.25) is 10.0 Å². The highest BCUT2D eigenvalue weighted by Crippen LogP contribution is 2.27. The lowest BCUT2D eigenvalue weighted by atomic mass is 9.94. The Kier molecular flexibility index (Phi) is 3.88. The lowest BCUT2D eigenvalue weighted by molar-refractivity contribution is 0.222. The molecule has 126 valence electrons. The molecule has 0 radical (unpaired) electrons. The SMILES string of the molecule is CC1CC(C)CN(S(=O)(=O)c2ccc3c(c2)n(C)c(=O)n3C)C1. The van der Waals surface area contributed by atoms with Gasteiger partial charge in [0.05, 0.1) is 15.9 Å². The minimum Gasteiger partial charge on any atom is -0.295 e. The van der Waals surface area contributed by atoms with Gasteiger partial charge in [-0.05, 0) is 36.5 Å². The maximum Gasteiger partial charge on any atom is 0.328 e. The average molecular weight is 337 g/mol. The van der Waals surface area contributed by atoms with E-state index in [0.29, 0.717) is 30.4 Å². The number of fused-ring (bicyclic) bond motifs is 1. The summed E-state index contributed by atoms with van der Waals surface area (Å²) in [4.78, 5) is 12.3. The number of nitrogens with zero attached hydrogens (tertiary/aromatic N) is 3. The highest BCUT2D eigenvalue weighted by Gasteiger charge is 2.32. The molecule has 1 aliphatic rings. The van der Waals surface area contributed by atoms with Crippen LogP contribution in [-0.4, -0.2) is 34.9 Å². The molecule has 1 saturated heterocycles. The van der Waals surface area contributed by atoms with Crippen LogP contribution in [0.3, 0.4) is 0 Å². The van der Waals surface area contributed by atoms with Gasteiger partial charge in [-0.15, -0.1) is 0 Å². The molecule has 1 fully saturated rings. The van der Waals surface area contributed by atoms with Gasteiger partial charge in [0.15, 0.2) is 0 Å². The highest BCUT2D eigenvalue weighted by molar-refractivity contribution is 7.89. The molecular weight excluding hydrogens is 314 g/mol. The molecule has 1 aromatic carbocycles.